The van der Waals surface area contributed by atoms with E-state index in [1.807, 2.05) is 43.3 Å². The molecule has 5 heteroatoms. The zero-order valence-corrected chi connectivity index (χ0v) is 15.6. The molecule has 1 fully saturated rings. The summed E-state index contributed by atoms with van der Waals surface area (Å²) in [5, 5.41) is 2.98. The Hall–Kier alpha value is -1.89. The van der Waals surface area contributed by atoms with E-state index in [1.165, 1.54) is 0 Å². The van der Waals surface area contributed by atoms with Crippen molar-refractivity contribution in [2.24, 2.45) is 0 Å². The maximum atomic E-state index is 12.7. The molecule has 0 radical (unpaired) electrons. The van der Waals surface area contributed by atoms with E-state index in [0.717, 1.165) is 21.2 Å². The molecule has 0 spiro atoms. The number of amides is 2. The third-order valence-electron chi connectivity index (χ3n) is 4.28. The lowest BCUT2D eigenvalue weighted by Crippen LogP contribution is -2.43. The molecule has 1 saturated heterocycles. The van der Waals surface area contributed by atoms with Gasteiger partial charge in [0.05, 0.1) is 0 Å². The van der Waals surface area contributed by atoms with Gasteiger partial charge in [0.25, 0.3) is 5.91 Å². The Balaban J connectivity index is 1.75. The van der Waals surface area contributed by atoms with Crippen LogP contribution in [-0.4, -0.2) is 29.3 Å². The lowest BCUT2D eigenvalue weighted by atomic mass is 10.1. The Bertz CT molecular complexity index is 761. The zero-order valence-electron chi connectivity index (χ0n) is 13.5. The van der Waals surface area contributed by atoms with Crippen LogP contribution in [0.4, 0.5) is 5.69 Å². The third kappa shape index (κ3) is 3.61. The van der Waals surface area contributed by atoms with Crippen molar-refractivity contribution in [3.8, 4) is 0 Å². The average molecular weight is 434 g/mol. The summed E-state index contributed by atoms with van der Waals surface area (Å²) >= 11 is 2.25. The van der Waals surface area contributed by atoms with Gasteiger partial charge in [-0.25, -0.2) is 0 Å². The van der Waals surface area contributed by atoms with Gasteiger partial charge >= 0.3 is 0 Å². The lowest BCUT2D eigenvalue weighted by Gasteiger charge is -2.24. The first-order valence-electron chi connectivity index (χ1n) is 7.99. The van der Waals surface area contributed by atoms with Gasteiger partial charge < -0.3 is 10.2 Å². The van der Waals surface area contributed by atoms with Gasteiger partial charge in [-0.1, -0.05) is 18.2 Å². The van der Waals surface area contributed by atoms with Crippen LogP contribution in [0.2, 0.25) is 0 Å². The fraction of sp³-hybridized carbons (Fsp3) is 0.263. The van der Waals surface area contributed by atoms with E-state index in [0.29, 0.717) is 18.5 Å². The van der Waals surface area contributed by atoms with Crippen LogP contribution >= 0.6 is 22.6 Å². The molecule has 1 unspecified atom stereocenters. The van der Waals surface area contributed by atoms with Crippen molar-refractivity contribution in [3.63, 3.8) is 0 Å². The third-order valence-corrected chi connectivity index (χ3v) is 4.95. The van der Waals surface area contributed by atoms with Gasteiger partial charge in [0.15, 0.2) is 0 Å². The first-order valence-corrected chi connectivity index (χ1v) is 9.07. The number of likely N-dealkylation sites (tertiary alicyclic amines) is 1. The fourth-order valence-corrected chi connectivity index (χ4v) is 3.66. The molecule has 1 atom stereocenters. The molecule has 2 aromatic rings. The minimum atomic E-state index is -0.406. The van der Waals surface area contributed by atoms with Crippen LogP contribution in [0.15, 0.2) is 48.5 Å². The Morgan fingerprint density at radius 2 is 1.92 bits per heavy atom. The van der Waals surface area contributed by atoms with Crippen molar-refractivity contribution in [2.75, 3.05) is 11.9 Å². The number of hydrogen-bond acceptors (Lipinski definition) is 2. The molecule has 1 N–H and O–H groups in total. The molecule has 2 amide bonds. The predicted molar refractivity (Wildman–Crippen MR) is 103 cm³/mol. The largest absolute Gasteiger partial charge is 0.327 e. The van der Waals surface area contributed by atoms with Crippen LogP contribution in [0.5, 0.6) is 0 Å². The van der Waals surface area contributed by atoms with Crippen LogP contribution in [0.25, 0.3) is 0 Å². The monoisotopic (exact) mass is 434 g/mol. The maximum absolute atomic E-state index is 12.7. The fourth-order valence-electron chi connectivity index (χ4n) is 3.01. The van der Waals surface area contributed by atoms with Gasteiger partial charge in [-0.2, -0.15) is 0 Å². The van der Waals surface area contributed by atoms with E-state index in [-0.39, 0.29) is 11.8 Å². The molecule has 0 aliphatic carbocycles. The average Bonchev–Trinajstić information content (AvgIpc) is 3.07. The predicted octanol–water partition coefficient (Wildman–Crippen LogP) is 3.84. The molecule has 3 rings (SSSR count). The van der Waals surface area contributed by atoms with E-state index >= 15 is 0 Å². The van der Waals surface area contributed by atoms with E-state index in [4.69, 9.17) is 0 Å². The number of carbonyl (C=O) groups excluding carboxylic acids is 2. The SMILES string of the molecule is Cc1cc(I)ccc1NC(=O)C1CCCN1C(=O)c1ccccc1. The molecule has 1 aliphatic heterocycles. The van der Waals surface area contributed by atoms with Crippen molar-refractivity contribution in [1.29, 1.82) is 0 Å². The molecule has 0 bridgehead atoms. The van der Waals surface area contributed by atoms with Crippen molar-refractivity contribution < 1.29 is 9.59 Å². The van der Waals surface area contributed by atoms with E-state index < -0.39 is 6.04 Å². The van der Waals surface area contributed by atoms with Crippen LogP contribution in [0.3, 0.4) is 0 Å². The number of carbonyl (C=O) groups is 2. The number of halogens is 1. The minimum Gasteiger partial charge on any atom is -0.327 e. The van der Waals surface area contributed by atoms with E-state index in [1.54, 1.807) is 17.0 Å². The van der Waals surface area contributed by atoms with E-state index in [9.17, 15) is 9.59 Å². The molecular weight excluding hydrogens is 415 g/mol. The Morgan fingerprint density at radius 1 is 1.17 bits per heavy atom. The van der Waals surface area contributed by atoms with Crippen LogP contribution in [-0.2, 0) is 4.79 Å². The van der Waals surface area contributed by atoms with Crippen LogP contribution in [0.1, 0.15) is 28.8 Å². The summed E-state index contributed by atoms with van der Waals surface area (Å²) in [5.74, 6) is -0.186. The molecular formula is C19H19IN2O2. The second kappa shape index (κ2) is 7.34. The molecule has 2 aromatic carbocycles. The van der Waals surface area contributed by atoms with Gasteiger partial charge in [0, 0.05) is 21.4 Å². The van der Waals surface area contributed by atoms with Gasteiger partial charge in [-0.05, 0) is 78.3 Å². The Labute approximate surface area is 155 Å². The molecule has 0 saturated carbocycles. The van der Waals surface area contributed by atoms with E-state index in [2.05, 4.69) is 27.9 Å². The molecule has 0 aromatic heterocycles. The lowest BCUT2D eigenvalue weighted by molar-refractivity contribution is -0.119. The zero-order chi connectivity index (χ0) is 17.1. The molecule has 4 nitrogen and oxygen atoms in total. The Morgan fingerprint density at radius 3 is 2.62 bits per heavy atom. The second-order valence-electron chi connectivity index (χ2n) is 5.97. The first-order chi connectivity index (χ1) is 11.6. The van der Waals surface area contributed by atoms with Gasteiger partial charge in [0.2, 0.25) is 5.91 Å². The molecule has 24 heavy (non-hydrogen) atoms. The number of nitrogens with one attached hydrogen (secondary N) is 1. The normalized spacial score (nSPS) is 16.9. The number of nitrogens with zero attached hydrogens (tertiary/aromatic N) is 1. The highest BCUT2D eigenvalue weighted by Crippen LogP contribution is 2.23. The number of aryl methyl sites for hydroxylation is 1. The summed E-state index contributed by atoms with van der Waals surface area (Å²) in [6.45, 7) is 2.59. The van der Waals surface area contributed by atoms with Gasteiger partial charge in [-0.15, -0.1) is 0 Å². The summed E-state index contributed by atoms with van der Waals surface area (Å²) in [5.41, 5.74) is 2.45. The number of benzene rings is 2. The second-order valence-corrected chi connectivity index (χ2v) is 7.22. The maximum Gasteiger partial charge on any atom is 0.254 e. The standard InChI is InChI=1S/C19H19IN2O2/c1-13-12-15(20)9-10-16(13)21-18(23)17-8-5-11-22(17)19(24)14-6-3-2-4-7-14/h2-4,6-7,9-10,12,17H,5,8,11H2,1H3,(H,21,23). The highest BCUT2D eigenvalue weighted by molar-refractivity contribution is 14.1. The van der Waals surface area contributed by atoms with Gasteiger partial charge in [0.1, 0.15) is 6.04 Å². The topological polar surface area (TPSA) is 49.4 Å². The van der Waals surface area contributed by atoms with Crippen LogP contribution < -0.4 is 5.32 Å². The number of hydrogen-bond donors (Lipinski definition) is 1. The molecule has 124 valence electrons. The van der Waals surface area contributed by atoms with Crippen molar-refractivity contribution >= 4 is 40.1 Å². The summed E-state index contributed by atoms with van der Waals surface area (Å²) < 4.78 is 1.13. The summed E-state index contributed by atoms with van der Waals surface area (Å²) in [4.78, 5) is 27.0. The molecule has 1 aliphatic rings. The van der Waals surface area contributed by atoms with Crippen LogP contribution in [0, 0.1) is 10.5 Å². The smallest absolute Gasteiger partial charge is 0.254 e. The van der Waals surface area contributed by atoms with Crippen molar-refractivity contribution in [2.45, 2.75) is 25.8 Å². The molecule has 1 heterocycles. The summed E-state index contributed by atoms with van der Waals surface area (Å²) in [6.07, 6.45) is 1.55. The number of rotatable bonds is 3. The number of anilines is 1. The van der Waals surface area contributed by atoms with Gasteiger partial charge in [-0.3, -0.25) is 9.59 Å². The summed E-state index contributed by atoms with van der Waals surface area (Å²) in [6, 6.07) is 14.6. The Kier molecular flexibility index (Phi) is 5.18. The summed E-state index contributed by atoms with van der Waals surface area (Å²) in [7, 11) is 0. The highest BCUT2D eigenvalue weighted by atomic mass is 127. The van der Waals surface area contributed by atoms with Crippen molar-refractivity contribution in [1.82, 2.24) is 4.90 Å². The first kappa shape index (κ1) is 17.0. The van der Waals surface area contributed by atoms with Crippen molar-refractivity contribution in [3.05, 3.63) is 63.2 Å². The quantitative estimate of drug-likeness (QED) is 0.747. The minimum absolute atomic E-state index is 0.0763. The highest BCUT2D eigenvalue weighted by Gasteiger charge is 2.34.